The Labute approximate surface area is 141 Å². The normalized spacial score (nSPS) is 12.4. The molecule has 0 radical (unpaired) electrons. The Kier molecular flexibility index (Phi) is 6.02. The molecule has 21 heavy (non-hydrogen) atoms. The number of hydrazine groups is 1. The molecule has 2 aromatic rings. The molecule has 2 rings (SSSR count). The molecule has 0 amide bonds. The standard InChI is InChI=1S/C15H14BrCl2FN2/c16-15-10(2-1-3-14(15)19)8-11(21-20)6-9-4-5-12(17)13(18)7-9/h1-5,7,11,21H,6,8,20H2. The van der Waals surface area contributed by atoms with E-state index in [1.54, 1.807) is 12.1 Å². The second kappa shape index (κ2) is 7.56. The molecule has 2 nitrogen and oxygen atoms in total. The van der Waals surface area contributed by atoms with E-state index >= 15 is 0 Å². The van der Waals surface area contributed by atoms with E-state index in [1.807, 2.05) is 18.2 Å². The van der Waals surface area contributed by atoms with Crippen molar-refractivity contribution in [2.75, 3.05) is 0 Å². The fourth-order valence-corrected chi connectivity index (χ4v) is 2.86. The average Bonchev–Trinajstić information content (AvgIpc) is 2.47. The summed E-state index contributed by atoms with van der Waals surface area (Å²) in [6.45, 7) is 0. The van der Waals surface area contributed by atoms with Crippen LogP contribution in [-0.4, -0.2) is 6.04 Å². The molecule has 0 fully saturated rings. The molecule has 3 N–H and O–H groups in total. The zero-order valence-electron chi connectivity index (χ0n) is 11.0. The molecule has 112 valence electrons. The maximum atomic E-state index is 13.5. The van der Waals surface area contributed by atoms with E-state index in [0.29, 0.717) is 27.4 Å². The summed E-state index contributed by atoms with van der Waals surface area (Å²) in [6, 6.07) is 10.4. The number of benzene rings is 2. The van der Waals surface area contributed by atoms with Crippen LogP contribution in [-0.2, 0) is 12.8 Å². The van der Waals surface area contributed by atoms with Crippen LogP contribution >= 0.6 is 39.1 Å². The van der Waals surface area contributed by atoms with Gasteiger partial charge < -0.3 is 0 Å². The highest BCUT2D eigenvalue weighted by atomic mass is 79.9. The predicted octanol–water partition coefficient (Wildman–Crippen LogP) is 4.51. The maximum absolute atomic E-state index is 13.5. The van der Waals surface area contributed by atoms with Crippen molar-refractivity contribution in [3.63, 3.8) is 0 Å². The van der Waals surface area contributed by atoms with Crippen molar-refractivity contribution in [2.45, 2.75) is 18.9 Å². The average molecular weight is 392 g/mol. The van der Waals surface area contributed by atoms with Gasteiger partial charge in [-0.25, -0.2) is 4.39 Å². The van der Waals surface area contributed by atoms with Gasteiger partial charge >= 0.3 is 0 Å². The lowest BCUT2D eigenvalue weighted by Gasteiger charge is -2.17. The molecule has 1 atom stereocenters. The second-order valence-electron chi connectivity index (χ2n) is 4.73. The number of rotatable bonds is 5. The highest BCUT2D eigenvalue weighted by Gasteiger charge is 2.13. The molecule has 0 aliphatic heterocycles. The number of nitrogens with one attached hydrogen (secondary N) is 1. The van der Waals surface area contributed by atoms with Gasteiger partial charge in [0.25, 0.3) is 0 Å². The predicted molar refractivity (Wildman–Crippen MR) is 89.1 cm³/mol. The van der Waals surface area contributed by atoms with E-state index in [9.17, 15) is 4.39 Å². The first kappa shape index (κ1) is 16.7. The third kappa shape index (κ3) is 4.41. The van der Waals surface area contributed by atoms with Gasteiger partial charge in [-0.1, -0.05) is 41.4 Å². The molecule has 0 aliphatic rings. The number of nitrogens with two attached hydrogens (primary N) is 1. The fraction of sp³-hybridized carbons (Fsp3) is 0.200. The summed E-state index contributed by atoms with van der Waals surface area (Å²) in [4.78, 5) is 0. The Morgan fingerprint density at radius 2 is 1.90 bits per heavy atom. The van der Waals surface area contributed by atoms with E-state index in [0.717, 1.165) is 11.1 Å². The third-order valence-electron chi connectivity index (χ3n) is 3.20. The van der Waals surface area contributed by atoms with Crippen molar-refractivity contribution in [1.29, 1.82) is 0 Å². The zero-order valence-corrected chi connectivity index (χ0v) is 14.1. The second-order valence-corrected chi connectivity index (χ2v) is 6.34. The maximum Gasteiger partial charge on any atom is 0.137 e. The summed E-state index contributed by atoms with van der Waals surface area (Å²) in [6.07, 6.45) is 1.26. The molecule has 0 aliphatic carbocycles. The third-order valence-corrected chi connectivity index (χ3v) is 4.83. The molecule has 0 saturated heterocycles. The van der Waals surface area contributed by atoms with Crippen molar-refractivity contribution in [2.24, 2.45) is 5.84 Å². The molecule has 0 saturated carbocycles. The van der Waals surface area contributed by atoms with E-state index < -0.39 is 0 Å². The van der Waals surface area contributed by atoms with Crippen molar-refractivity contribution in [1.82, 2.24) is 5.43 Å². The van der Waals surface area contributed by atoms with Crippen molar-refractivity contribution < 1.29 is 4.39 Å². The first-order valence-corrected chi connectivity index (χ1v) is 7.89. The summed E-state index contributed by atoms with van der Waals surface area (Å²) < 4.78 is 14.0. The van der Waals surface area contributed by atoms with Gasteiger partial charge in [0.15, 0.2) is 0 Å². The van der Waals surface area contributed by atoms with Crippen LogP contribution in [0.3, 0.4) is 0 Å². The van der Waals surface area contributed by atoms with Crippen LogP contribution in [0, 0.1) is 5.82 Å². The van der Waals surface area contributed by atoms with Crippen LogP contribution in [0.4, 0.5) is 4.39 Å². The van der Waals surface area contributed by atoms with Crippen LogP contribution in [0.1, 0.15) is 11.1 Å². The first-order chi connectivity index (χ1) is 10.0. The molecular weight excluding hydrogens is 378 g/mol. The van der Waals surface area contributed by atoms with Crippen molar-refractivity contribution in [3.05, 3.63) is 67.9 Å². The summed E-state index contributed by atoms with van der Waals surface area (Å²) in [5, 5.41) is 1.03. The van der Waals surface area contributed by atoms with Gasteiger partial charge in [0, 0.05) is 6.04 Å². The van der Waals surface area contributed by atoms with Crippen LogP contribution in [0.15, 0.2) is 40.9 Å². The Hall–Kier alpha value is -0.650. The Morgan fingerprint density at radius 3 is 2.57 bits per heavy atom. The van der Waals surface area contributed by atoms with Gasteiger partial charge in [0.2, 0.25) is 0 Å². The smallest absolute Gasteiger partial charge is 0.137 e. The van der Waals surface area contributed by atoms with Crippen LogP contribution in [0.5, 0.6) is 0 Å². The quantitative estimate of drug-likeness (QED) is 0.581. The minimum absolute atomic E-state index is 0.0413. The van der Waals surface area contributed by atoms with E-state index in [-0.39, 0.29) is 11.9 Å². The summed E-state index contributed by atoms with van der Waals surface area (Å²) in [5.74, 6) is 5.33. The summed E-state index contributed by atoms with van der Waals surface area (Å²) >= 11 is 15.2. The molecule has 6 heteroatoms. The fourth-order valence-electron chi connectivity index (χ4n) is 2.11. The van der Waals surface area contributed by atoms with Crippen molar-refractivity contribution >= 4 is 39.1 Å². The number of hydrogen-bond donors (Lipinski definition) is 2. The SMILES string of the molecule is NNC(Cc1ccc(Cl)c(Cl)c1)Cc1cccc(F)c1Br. The topological polar surface area (TPSA) is 38.0 Å². The Bertz CT molecular complexity index is 637. The molecule has 0 heterocycles. The minimum Gasteiger partial charge on any atom is -0.271 e. The zero-order chi connectivity index (χ0) is 15.4. The van der Waals surface area contributed by atoms with Gasteiger partial charge in [-0.05, 0) is 58.1 Å². The first-order valence-electron chi connectivity index (χ1n) is 6.34. The van der Waals surface area contributed by atoms with E-state index in [2.05, 4.69) is 21.4 Å². The highest BCUT2D eigenvalue weighted by molar-refractivity contribution is 9.10. The van der Waals surface area contributed by atoms with E-state index in [4.69, 9.17) is 29.0 Å². The Balaban J connectivity index is 2.13. The summed E-state index contributed by atoms with van der Waals surface area (Å²) in [5.41, 5.74) is 4.63. The lowest BCUT2D eigenvalue weighted by Crippen LogP contribution is -2.38. The largest absolute Gasteiger partial charge is 0.271 e. The summed E-state index contributed by atoms with van der Waals surface area (Å²) in [7, 11) is 0. The lowest BCUT2D eigenvalue weighted by molar-refractivity contribution is 0.519. The minimum atomic E-state index is -0.280. The van der Waals surface area contributed by atoms with Gasteiger partial charge in [-0.2, -0.15) is 0 Å². The van der Waals surface area contributed by atoms with Crippen molar-refractivity contribution in [3.8, 4) is 0 Å². The molecule has 0 bridgehead atoms. The lowest BCUT2D eigenvalue weighted by atomic mass is 9.99. The van der Waals surface area contributed by atoms with Gasteiger partial charge in [0.05, 0.1) is 14.5 Å². The molecule has 0 spiro atoms. The van der Waals surface area contributed by atoms with E-state index in [1.165, 1.54) is 6.07 Å². The Morgan fingerprint density at radius 1 is 1.14 bits per heavy atom. The molecular formula is C15H14BrCl2FN2. The molecule has 0 aromatic heterocycles. The number of halogens is 4. The molecule has 2 aromatic carbocycles. The monoisotopic (exact) mass is 390 g/mol. The van der Waals surface area contributed by atoms with Crippen LogP contribution < -0.4 is 11.3 Å². The molecule has 1 unspecified atom stereocenters. The van der Waals surface area contributed by atoms with Gasteiger partial charge in [0.1, 0.15) is 5.82 Å². The highest BCUT2D eigenvalue weighted by Crippen LogP contribution is 2.25. The van der Waals surface area contributed by atoms with Gasteiger partial charge in [-0.15, -0.1) is 0 Å². The van der Waals surface area contributed by atoms with Gasteiger partial charge in [-0.3, -0.25) is 11.3 Å². The van der Waals surface area contributed by atoms with Crippen LogP contribution in [0.25, 0.3) is 0 Å². The number of hydrogen-bond acceptors (Lipinski definition) is 2. The van der Waals surface area contributed by atoms with Crippen LogP contribution in [0.2, 0.25) is 10.0 Å².